The first kappa shape index (κ1) is 18.6. The summed E-state index contributed by atoms with van der Waals surface area (Å²) in [6.45, 7) is 2.77. The van der Waals surface area contributed by atoms with E-state index < -0.39 is 0 Å². The third kappa shape index (κ3) is 3.67. The SMILES string of the molecule is CCN(C(=O)CCn1cnc2c(cnn2-c2ccccc2)c1=O)c1ccccc1. The molecule has 0 aliphatic rings. The fourth-order valence-corrected chi connectivity index (χ4v) is 3.33. The maximum Gasteiger partial charge on any atom is 0.264 e. The van der Waals surface area contributed by atoms with E-state index in [4.69, 9.17) is 0 Å². The van der Waals surface area contributed by atoms with E-state index in [1.807, 2.05) is 67.6 Å². The third-order valence-corrected chi connectivity index (χ3v) is 4.81. The maximum atomic E-state index is 12.8. The van der Waals surface area contributed by atoms with Gasteiger partial charge in [0.05, 0.1) is 18.2 Å². The summed E-state index contributed by atoms with van der Waals surface area (Å²) in [4.78, 5) is 31.7. The molecule has 146 valence electrons. The van der Waals surface area contributed by atoms with E-state index >= 15 is 0 Å². The quantitative estimate of drug-likeness (QED) is 0.510. The summed E-state index contributed by atoms with van der Waals surface area (Å²) < 4.78 is 3.11. The molecule has 7 heteroatoms. The van der Waals surface area contributed by atoms with Crippen LogP contribution >= 0.6 is 0 Å². The molecule has 0 spiro atoms. The molecule has 2 aromatic heterocycles. The largest absolute Gasteiger partial charge is 0.313 e. The fraction of sp³-hybridized carbons (Fsp3) is 0.182. The summed E-state index contributed by atoms with van der Waals surface area (Å²) in [6, 6.07) is 19.1. The summed E-state index contributed by atoms with van der Waals surface area (Å²) >= 11 is 0. The molecule has 0 unspecified atom stereocenters. The smallest absolute Gasteiger partial charge is 0.264 e. The van der Waals surface area contributed by atoms with Crippen molar-refractivity contribution in [2.75, 3.05) is 11.4 Å². The van der Waals surface area contributed by atoms with Crippen LogP contribution in [0, 0.1) is 0 Å². The molecule has 4 aromatic rings. The lowest BCUT2D eigenvalue weighted by Gasteiger charge is -2.21. The Balaban J connectivity index is 1.55. The van der Waals surface area contributed by atoms with Gasteiger partial charge in [0.15, 0.2) is 5.65 Å². The summed E-state index contributed by atoms with van der Waals surface area (Å²) in [5.41, 5.74) is 1.99. The molecule has 0 atom stereocenters. The van der Waals surface area contributed by atoms with Crippen molar-refractivity contribution in [2.45, 2.75) is 19.9 Å². The minimum atomic E-state index is -0.201. The van der Waals surface area contributed by atoms with Crippen LogP contribution in [0.25, 0.3) is 16.7 Å². The van der Waals surface area contributed by atoms with Crippen LogP contribution < -0.4 is 10.5 Å². The van der Waals surface area contributed by atoms with Gasteiger partial charge in [-0.3, -0.25) is 14.2 Å². The molecule has 4 rings (SSSR count). The van der Waals surface area contributed by atoms with E-state index in [2.05, 4.69) is 10.1 Å². The van der Waals surface area contributed by atoms with Gasteiger partial charge in [-0.2, -0.15) is 5.10 Å². The normalized spacial score (nSPS) is 10.9. The molecule has 2 heterocycles. The predicted molar refractivity (Wildman–Crippen MR) is 112 cm³/mol. The Labute approximate surface area is 167 Å². The Bertz CT molecular complexity index is 1180. The molecule has 0 saturated carbocycles. The molecular formula is C22H21N5O2. The zero-order valence-electron chi connectivity index (χ0n) is 16.1. The first-order chi connectivity index (χ1) is 14.2. The summed E-state index contributed by atoms with van der Waals surface area (Å²) in [5, 5.41) is 4.74. The standard InChI is InChI=1S/C22H21N5O2/c1-2-26(17-9-5-3-6-10-17)20(28)13-14-25-16-23-21-19(22(25)29)15-24-27(21)18-11-7-4-8-12-18/h3-12,15-16H,2,13-14H2,1H3. The van der Waals surface area contributed by atoms with Gasteiger partial charge >= 0.3 is 0 Å². The van der Waals surface area contributed by atoms with Crippen LogP contribution in [0.2, 0.25) is 0 Å². The molecule has 1 amide bonds. The average Bonchev–Trinajstić information content (AvgIpc) is 3.20. The van der Waals surface area contributed by atoms with E-state index in [9.17, 15) is 9.59 Å². The van der Waals surface area contributed by atoms with E-state index in [1.165, 1.54) is 17.1 Å². The monoisotopic (exact) mass is 387 g/mol. The van der Waals surface area contributed by atoms with Crippen LogP contribution in [-0.4, -0.2) is 31.8 Å². The van der Waals surface area contributed by atoms with Gasteiger partial charge in [-0.1, -0.05) is 36.4 Å². The number of rotatable bonds is 6. The van der Waals surface area contributed by atoms with Gasteiger partial charge in [0.2, 0.25) is 5.91 Å². The highest BCUT2D eigenvalue weighted by Crippen LogP contribution is 2.15. The average molecular weight is 387 g/mol. The lowest BCUT2D eigenvalue weighted by Crippen LogP contribution is -2.32. The first-order valence-corrected chi connectivity index (χ1v) is 9.53. The van der Waals surface area contributed by atoms with Crippen molar-refractivity contribution >= 4 is 22.6 Å². The summed E-state index contributed by atoms with van der Waals surface area (Å²) in [6.07, 6.45) is 3.22. The second-order valence-electron chi connectivity index (χ2n) is 6.60. The molecule has 0 saturated heterocycles. The number of hydrogen-bond acceptors (Lipinski definition) is 4. The Hall–Kier alpha value is -3.74. The fourth-order valence-electron chi connectivity index (χ4n) is 3.33. The molecule has 0 radical (unpaired) electrons. The number of aromatic nitrogens is 4. The molecule has 2 aromatic carbocycles. The van der Waals surface area contributed by atoms with E-state index in [-0.39, 0.29) is 24.4 Å². The van der Waals surface area contributed by atoms with Crippen molar-refractivity contribution in [3.63, 3.8) is 0 Å². The molecule has 7 nitrogen and oxygen atoms in total. The highest BCUT2D eigenvalue weighted by Gasteiger charge is 2.15. The van der Waals surface area contributed by atoms with E-state index in [0.717, 1.165) is 11.4 Å². The first-order valence-electron chi connectivity index (χ1n) is 9.53. The van der Waals surface area contributed by atoms with Gasteiger partial charge in [0.1, 0.15) is 5.39 Å². The van der Waals surface area contributed by atoms with Gasteiger partial charge in [-0.25, -0.2) is 9.67 Å². The van der Waals surface area contributed by atoms with Crippen LogP contribution in [0.1, 0.15) is 13.3 Å². The van der Waals surface area contributed by atoms with Crippen LogP contribution in [0.15, 0.2) is 78.0 Å². The van der Waals surface area contributed by atoms with Gasteiger partial charge in [0, 0.05) is 25.2 Å². The topological polar surface area (TPSA) is 73.0 Å². The number of carbonyl (C=O) groups is 1. The van der Waals surface area contributed by atoms with Crippen molar-refractivity contribution in [1.29, 1.82) is 0 Å². The van der Waals surface area contributed by atoms with E-state index in [1.54, 1.807) is 9.58 Å². The Morgan fingerprint density at radius 2 is 1.72 bits per heavy atom. The molecule has 29 heavy (non-hydrogen) atoms. The minimum absolute atomic E-state index is 0.0364. The molecule has 0 N–H and O–H groups in total. The zero-order chi connectivity index (χ0) is 20.2. The number of amides is 1. The molecule has 0 aliphatic carbocycles. The molecule has 0 aliphatic heterocycles. The molecule has 0 fully saturated rings. The van der Waals surface area contributed by atoms with Crippen LogP contribution in [0.5, 0.6) is 0 Å². The number of hydrogen-bond donors (Lipinski definition) is 0. The second kappa shape index (κ2) is 8.10. The number of para-hydroxylation sites is 2. The predicted octanol–water partition coefficient (Wildman–Crippen LogP) is 3.03. The second-order valence-corrected chi connectivity index (χ2v) is 6.60. The van der Waals surface area contributed by atoms with Gasteiger partial charge in [-0.15, -0.1) is 0 Å². The van der Waals surface area contributed by atoms with Gasteiger partial charge in [-0.05, 0) is 31.2 Å². The van der Waals surface area contributed by atoms with Crippen molar-refractivity contribution in [3.05, 3.63) is 83.5 Å². The Morgan fingerprint density at radius 1 is 1.03 bits per heavy atom. The number of fused-ring (bicyclic) bond motifs is 1. The number of nitrogens with zero attached hydrogens (tertiary/aromatic N) is 5. The van der Waals surface area contributed by atoms with Gasteiger partial charge in [0.25, 0.3) is 5.56 Å². The number of carbonyl (C=O) groups excluding carboxylic acids is 1. The van der Waals surface area contributed by atoms with Crippen LogP contribution in [0.4, 0.5) is 5.69 Å². The summed E-state index contributed by atoms with van der Waals surface area (Å²) in [7, 11) is 0. The van der Waals surface area contributed by atoms with Crippen molar-refractivity contribution in [2.24, 2.45) is 0 Å². The van der Waals surface area contributed by atoms with Crippen LogP contribution in [0.3, 0.4) is 0 Å². The molecule has 0 bridgehead atoms. The number of anilines is 1. The highest BCUT2D eigenvalue weighted by molar-refractivity contribution is 5.93. The number of benzene rings is 2. The maximum absolute atomic E-state index is 12.8. The van der Waals surface area contributed by atoms with Crippen molar-refractivity contribution in [1.82, 2.24) is 19.3 Å². The molecular weight excluding hydrogens is 366 g/mol. The Kier molecular flexibility index (Phi) is 5.20. The van der Waals surface area contributed by atoms with Crippen molar-refractivity contribution < 1.29 is 4.79 Å². The number of aryl methyl sites for hydroxylation is 1. The van der Waals surface area contributed by atoms with Gasteiger partial charge < -0.3 is 4.90 Å². The Morgan fingerprint density at radius 3 is 2.41 bits per heavy atom. The van der Waals surface area contributed by atoms with Crippen molar-refractivity contribution in [3.8, 4) is 5.69 Å². The third-order valence-electron chi connectivity index (χ3n) is 4.81. The highest BCUT2D eigenvalue weighted by atomic mass is 16.2. The van der Waals surface area contributed by atoms with Crippen LogP contribution in [-0.2, 0) is 11.3 Å². The zero-order valence-corrected chi connectivity index (χ0v) is 16.1. The summed E-state index contributed by atoms with van der Waals surface area (Å²) in [5.74, 6) is -0.0364. The van der Waals surface area contributed by atoms with E-state index in [0.29, 0.717) is 17.6 Å². The lowest BCUT2D eigenvalue weighted by atomic mass is 10.2. The lowest BCUT2D eigenvalue weighted by molar-refractivity contribution is -0.118. The minimum Gasteiger partial charge on any atom is -0.313 e.